The molecular weight excluding hydrogens is 358 g/mol. The first-order valence-electron chi connectivity index (χ1n) is 7.45. The maximum Gasteiger partial charge on any atom is 0.257 e. The molecule has 3 rings (SSSR count). The van der Waals surface area contributed by atoms with Crippen molar-refractivity contribution in [1.29, 1.82) is 0 Å². The van der Waals surface area contributed by atoms with E-state index in [1.807, 2.05) is 24.3 Å². The Bertz CT molecular complexity index is 700. The van der Waals surface area contributed by atoms with Crippen LogP contribution in [0.2, 0.25) is 0 Å². The molecule has 1 aromatic heterocycles. The number of nitrogens with zero attached hydrogens (tertiary/aromatic N) is 4. The van der Waals surface area contributed by atoms with Crippen LogP contribution in [0, 0.1) is 0 Å². The third kappa shape index (κ3) is 3.86. The normalized spacial score (nSPS) is 15.5. The van der Waals surface area contributed by atoms with E-state index in [9.17, 15) is 4.79 Å². The standard InChI is InChI=1S/C16H18BrN5O/c1-21-6-8-22(9-7-21)15-10-14(18-11-19-15)20-16(23)12-4-2-3-5-13(12)17/h2-5,10-11H,6-9H2,1H3,(H,18,19,20,23). The fourth-order valence-corrected chi connectivity index (χ4v) is 2.92. The van der Waals surface area contributed by atoms with E-state index < -0.39 is 0 Å². The van der Waals surface area contributed by atoms with Gasteiger partial charge in [-0.3, -0.25) is 4.79 Å². The SMILES string of the molecule is CN1CCN(c2cc(NC(=O)c3ccccc3Br)ncn2)CC1. The van der Waals surface area contributed by atoms with Gasteiger partial charge in [-0.25, -0.2) is 9.97 Å². The second-order valence-corrected chi connectivity index (χ2v) is 6.34. The van der Waals surface area contributed by atoms with Crippen molar-refractivity contribution in [3.63, 3.8) is 0 Å². The number of nitrogens with one attached hydrogen (secondary N) is 1. The lowest BCUT2D eigenvalue weighted by Crippen LogP contribution is -2.44. The van der Waals surface area contributed by atoms with Gasteiger partial charge in [0.1, 0.15) is 18.0 Å². The molecule has 2 aromatic rings. The number of rotatable bonds is 3. The fourth-order valence-electron chi connectivity index (χ4n) is 2.45. The monoisotopic (exact) mass is 375 g/mol. The summed E-state index contributed by atoms with van der Waals surface area (Å²) in [4.78, 5) is 25.3. The zero-order valence-electron chi connectivity index (χ0n) is 12.9. The maximum absolute atomic E-state index is 12.3. The minimum Gasteiger partial charge on any atom is -0.354 e. The van der Waals surface area contributed by atoms with Crippen LogP contribution in [-0.2, 0) is 0 Å². The van der Waals surface area contributed by atoms with Crippen LogP contribution in [0.5, 0.6) is 0 Å². The van der Waals surface area contributed by atoms with E-state index in [0.29, 0.717) is 11.4 Å². The Morgan fingerprint density at radius 1 is 1.17 bits per heavy atom. The number of carbonyl (C=O) groups excluding carboxylic acids is 1. The molecule has 0 saturated carbocycles. The van der Waals surface area contributed by atoms with Gasteiger partial charge in [0.25, 0.3) is 5.91 Å². The summed E-state index contributed by atoms with van der Waals surface area (Å²) in [7, 11) is 2.11. The number of likely N-dealkylation sites (N-methyl/N-ethyl adjacent to an activating group) is 1. The average Bonchev–Trinajstić information content (AvgIpc) is 2.56. The van der Waals surface area contributed by atoms with Gasteiger partial charge in [0.2, 0.25) is 0 Å². The summed E-state index contributed by atoms with van der Waals surface area (Å²) in [6.45, 7) is 3.85. The van der Waals surface area contributed by atoms with Crippen LogP contribution in [0.15, 0.2) is 41.1 Å². The summed E-state index contributed by atoms with van der Waals surface area (Å²) in [5, 5.41) is 2.83. The minimum absolute atomic E-state index is 0.194. The van der Waals surface area contributed by atoms with Crippen LogP contribution < -0.4 is 10.2 Å². The lowest BCUT2D eigenvalue weighted by molar-refractivity contribution is 0.102. The summed E-state index contributed by atoms with van der Waals surface area (Å²) in [6.07, 6.45) is 1.49. The van der Waals surface area contributed by atoms with Crippen molar-refractivity contribution in [1.82, 2.24) is 14.9 Å². The second kappa shape index (κ2) is 7.06. The van der Waals surface area contributed by atoms with Crippen molar-refractivity contribution in [3.8, 4) is 0 Å². The number of amides is 1. The van der Waals surface area contributed by atoms with Gasteiger partial charge in [-0.05, 0) is 35.1 Å². The summed E-state index contributed by atoms with van der Waals surface area (Å²) in [5.74, 6) is 1.16. The molecule has 0 atom stereocenters. The van der Waals surface area contributed by atoms with Crippen molar-refractivity contribution < 1.29 is 4.79 Å². The Kier molecular flexibility index (Phi) is 4.88. The molecule has 0 aliphatic carbocycles. The molecule has 2 heterocycles. The number of anilines is 2. The molecule has 1 amide bonds. The minimum atomic E-state index is -0.194. The fraction of sp³-hybridized carbons (Fsp3) is 0.312. The number of hydrogen-bond acceptors (Lipinski definition) is 5. The molecule has 6 nitrogen and oxygen atoms in total. The third-order valence-electron chi connectivity index (χ3n) is 3.84. The molecule has 1 aromatic carbocycles. The largest absolute Gasteiger partial charge is 0.354 e. The maximum atomic E-state index is 12.3. The van der Waals surface area contributed by atoms with Crippen LogP contribution in [0.4, 0.5) is 11.6 Å². The van der Waals surface area contributed by atoms with Gasteiger partial charge in [-0.2, -0.15) is 0 Å². The van der Waals surface area contributed by atoms with E-state index in [0.717, 1.165) is 36.5 Å². The summed E-state index contributed by atoms with van der Waals surface area (Å²) >= 11 is 3.39. The first kappa shape index (κ1) is 15.9. The molecule has 1 saturated heterocycles. The van der Waals surface area contributed by atoms with E-state index in [2.05, 4.69) is 48.1 Å². The zero-order valence-corrected chi connectivity index (χ0v) is 14.5. The predicted octanol–water partition coefficient (Wildman–Crippen LogP) is 2.24. The van der Waals surface area contributed by atoms with Crippen LogP contribution >= 0.6 is 15.9 Å². The molecule has 1 aliphatic heterocycles. The lowest BCUT2D eigenvalue weighted by Gasteiger charge is -2.33. The van der Waals surface area contributed by atoms with Crippen molar-refractivity contribution >= 4 is 33.5 Å². The highest BCUT2D eigenvalue weighted by atomic mass is 79.9. The quantitative estimate of drug-likeness (QED) is 0.891. The van der Waals surface area contributed by atoms with E-state index >= 15 is 0 Å². The summed E-state index contributed by atoms with van der Waals surface area (Å²) < 4.78 is 0.755. The number of benzene rings is 1. The number of aromatic nitrogens is 2. The summed E-state index contributed by atoms with van der Waals surface area (Å²) in [5.41, 5.74) is 0.576. The van der Waals surface area contributed by atoms with Crippen LogP contribution in [0.3, 0.4) is 0 Å². The third-order valence-corrected chi connectivity index (χ3v) is 4.53. The topological polar surface area (TPSA) is 61.4 Å². The van der Waals surface area contributed by atoms with Gasteiger partial charge >= 0.3 is 0 Å². The van der Waals surface area contributed by atoms with Gasteiger partial charge in [0, 0.05) is 36.7 Å². The first-order chi connectivity index (χ1) is 11.1. The van der Waals surface area contributed by atoms with Crippen LogP contribution in [-0.4, -0.2) is 54.0 Å². The van der Waals surface area contributed by atoms with Gasteiger partial charge in [-0.15, -0.1) is 0 Å². The Hall–Kier alpha value is -1.99. The number of hydrogen-bond donors (Lipinski definition) is 1. The van der Waals surface area contributed by atoms with Gasteiger partial charge < -0.3 is 15.1 Å². The average molecular weight is 376 g/mol. The van der Waals surface area contributed by atoms with Crippen molar-refractivity contribution in [2.24, 2.45) is 0 Å². The molecule has 120 valence electrons. The molecular formula is C16H18BrN5O. The highest BCUT2D eigenvalue weighted by Gasteiger charge is 2.16. The van der Waals surface area contributed by atoms with Crippen LogP contribution in [0.25, 0.3) is 0 Å². The molecule has 1 fully saturated rings. The second-order valence-electron chi connectivity index (χ2n) is 5.49. The molecule has 1 N–H and O–H groups in total. The Balaban J connectivity index is 1.73. The lowest BCUT2D eigenvalue weighted by atomic mass is 10.2. The van der Waals surface area contributed by atoms with Crippen molar-refractivity contribution in [2.45, 2.75) is 0 Å². The van der Waals surface area contributed by atoms with Gasteiger partial charge in [0.15, 0.2) is 0 Å². The van der Waals surface area contributed by atoms with Crippen LogP contribution in [0.1, 0.15) is 10.4 Å². The Labute approximate surface area is 143 Å². The smallest absolute Gasteiger partial charge is 0.257 e. The highest BCUT2D eigenvalue weighted by Crippen LogP contribution is 2.19. The molecule has 7 heteroatoms. The van der Waals surface area contributed by atoms with Crippen molar-refractivity contribution in [3.05, 3.63) is 46.7 Å². The van der Waals surface area contributed by atoms with E-state index in [4.69, 9.17) is 0 Å². The van der Waals surface area contributed by atoms with E-state index in [-0.39, 0.29) is 5.91 Å². The van der Waals surface area contributed by atoms with Gasteiger partial charge in [0.05, 0.1) is 5.56 Å². The molecule has 0 radical (unpaired) electrons. The Morgan fingerprint density at radius 3 is 2.65 bits per heavy atom. The zero-order chi connectivity index (χ0) is 16.2. The van der Waals surface area contributed by atoms with E-state index in [1.165, 1.54) is 6.33 Å². The number of halogens is 1. The number of piperazine rings is 1. The summed E-state index contributed by atoms with van der Waals surface area (Å²) in [6, 6.07) is 9.12. The molecule has 0 bridgehead atoms. The van der Waals surface area contributed by atoms with Crippen molar-refractivity contribution in [2.75, 3.05) is 43.4 Å². The first-order valence-corrected chi connectivity index (χ1v) is 8.24. The molecule has 0 unspecified atom stereocenters. The van der Waals surface area contributed by atoms with Gasteiger partial charge in [-0.1, -0.05) is 12.1 Å². The van der Waals surface area contributed by atoms with E-state index in [1.54, 1.807) is 6.07 Å². The number of carbonyl (C=O) groups is 1. The molecule has 1 aliphatic rings. The highest BCUT2D eigenvalue weighted by molar-refractivity contribution is 9.10. The molecule has 0 spiro atoms. The Morgan fingerprint density at radius 2 is 1.91 bits per heavy atom. The predicted molar refractivity (Wildman–Crippen MR) is 93.8 cm³/mol. The molecule has 23 heavy (non-hydrogen) atoms.